The molecule has 2 heterocycles. The third-order valence-corrected chi connectivity index (χ3v) is 11.0. The first-order valence-corrected chi connectivity index (χ1v) is 19.4. The van der Waals surface area contributed by atoms with Crippen molar-refractivity contribution in [3.63, 3.8) is 0 Å². The lowest BCUT2D eigenvalue weighted by molar-refractivity contribution is -0.192. The van der Waals surface area contributed by atoms with Crippen LogP contribution in [0.2, 0.25) is 0 Å². The number of aliphatic carboxylic acids is 1. The fraction of sp³-hybridized carbons (Fsp3) is 0.515. The van der Waals surface area contributed by atoms with E-state index >= 15 is 0 Å². The topological polar surface area (TPSA) is 174 Å². The number of rotatable bonds is 11. The molecule has 2 saturated heterocycles. The highest BCUT2D eigenvalue weighted by atomic mass is 32.2. The monoisotopic (exact) mass is 813 g/mol. The Morgan fingerprint density at radius 2 is 1.61 bits per heavy atom. The zero-order chi connectivity index (χ0) is 40.3. The maximum atomic E-state index is 13.5. The number of morpholine rings is 1. The van der Waals surface area contributed by atoms with Gasteiger partial charge in [-0.3, -0.25) is 9.59 Å². The van der Waals surface area contributed by atoms with E-state index in [1.54, 1.807) is 24.3 Å². The summed E-state index contributed by atoms with van der Waals surface area (Å²) in [6, 6.07) is 7.87. The number of carboxylic acids is 1. The summed E-state index contributed by atoms with van der Waals surface area (Å²) in [5, 5.41) is 14.8. The van der Waals surface area contributed by atoms with Crippen molar-refractivity contribution in [2.45, 2.75) is 48.0 Å². The van der Waals surface area contributed by atoms with Crippen LogP contribution in [0.4, 0.5) is 36.8 Å². The van der Waals surface area contributed by atoms with Crippen LogP contribution in [0.25, 0.3) is 0 Å². The summed E-state index contributed by atoms with van der Waals surface area (Å²) in [5.74, 6) is -4.96. The molecule has 4 N–H and O–H groups in total. The minimum atomic E-state index is -5.08. The number of hydrogen-bond acceptors (Lipinski definition) is 9. The van der Waals surface area contributed by atoms with Crippen molar-refractivity contribution in [1.29, 1.82) is 0 Å². The number of carboxylic acid groups (broad SMARTS) is 1. The molecule has 21 heteroatoms. The number of halogens is 6. The van der Waals surface area contributed by atoms with Crippen LogP contribution in [-0.2, 0) is 30.3 Å². The van der Waals surface area contributed by atoms with Gasteiger partial charge in [-0.25, -0.2) is 18.0 Å². The molecule has 0 saturated carbocycles. The second-order valence-electron chi connectivity index (χ2n) is 12.3. The number of ether oxygens (including phenoxy) is 1. The lowest BCUT2D eigenvalue weighted by Gasteiger charge is -2.38. The van der Waals surface area contributed by atoms with Gasteiger partial charge in [-0.15, -0.1) is 11.8 Å². The first-order chi connectivity index (χ1) is 25.2. The van der Waals surface area contributed by atoms with E-state index in [9.17, 15) is 49.1 Å². The SMILES string of the molecule is CCCN1CC[C@@H](CS(=O)(=O)c2ccc(SC)cc2)[C@@H](NC(=O)CNC(=O)c2cc(C(F)(F)F)ccc2NC(=O)N2CCOCC2)C1.O=C(O)C(F)(F)F. The van der Waals surface area contributed by atoms with Crippen molar-refractivity contribution < 1.29 is 63.8 Å². The second-order valence-corrected chi connectivity index (χ2v) is 15.2. The van der Waals surface area contributed by atoms with Crippen molar-refractivity contribution in [3.8, 4) is 0 Å². The molecule has 2 aromatic carbocycles. The summed E-state index contributed by atoms with van der Waals surface area (Å²) in [5.41, 5.74) is -1.70. The molecular weight excluding hydrogens is 773 g/mol. The molecule has 0 aromatic heterocycles. The van der Waals surface area contributed by atoms with Gasteiger partial charge in [0.05, 0.1) is 47.2 Å². The molecule has 0 bridgehead atoms. The van der Waals surface area contributed by atoms with Crippen LogP contribution in [-0.4, -0.2) is 124 Å². The van der Waals surface area contributed by atoms with Gasteiger partial charge in [-0.1, -0.05) is 6.92 Å². The zero-order valence-corrected chi connectivity index (χ0v) is 30.9. The largest absolute Gasteiger partial charge is 0.490 e. The van der Waals surface area contributed by atoms with Crippen LogP contribution in [0.3, 0.4) is 0 Å². The molecule has 4 rings (SSSR count). The Kier molecular flexibility index (Phi) is 16.0. The van der Waals surface area contributed by atoms with E-state index in [0.717, 1.165) is 30.0 Å². The molecule has 2 aliphatic heterocycles. The summed E-state index contributed by atoms with van der Waals surface area (Å²) in [6.07, 6.45) is -6.55. The van der Waals surface area contributed by atoms with E-state index in [1.807, 2.05) is 13.2 Å². The van der Waals surface area contributed by atoms with Gasteiger partial charge in [-0.05, 0) is 80.6 Å². The molecule has 0 spiro atoms. The Labute approximate surface area is 312 Å². The zero-order valence-electron chi connectivity index (χ0n) is 29.3. The standard InChI is InChI=1S/C31H40F3N5O6S2.C2HF3O2/c1-3-11-38-12-10-21(20-47(43,44)24-7-5-23(46-2)6-8-24)27(19-38)36-28(40)18-35-29(41)25-17-22(31(32,33)34)4-9-26(25)37-30(42)39-13-15-45-16-14-39;3-2(4,5)1(6)7/h4-9,17,21,27H,3,10-16,18-20H2,1-2H3,(H,35,41)(H,36,40)(H,37,42);(H,6,7)/t21-,27-;/m0./s1. The van der Waals surface area contributed by atoms with Gasteiger partial charge in [0.1, 0.15) is 0 Å². The molecular formula is C33H41F6N5O8S2. The van der Waals surface area contributed by atoms with Crippen molar-refractivity contribution in [3.05, 3.63) is 53.6 Å². The second kappa shape index (κ2) is 19.5. The first kappa shape index (κ1) is 44.3. The lowest BCUT2D eigenvalue weighted by atomic mass is 9.93. The number of anilines is 1. The Bertz CT molecular complexity index is 1720. The van der Waals surface area contributed by atoms with Gasteiger partial charge in [0.2, 0.25) is 5.91 Å². The normalized spacial score (nSPS) is 18.2. The predicted molar refractivity (Wildman–Crippen MR) is 186 cm³/mol. The maximum Gasteiger partial charge on any atom is 0.490 e. The molecule has 300 valence electrons. The van der Waals surface area contributed by atoms with Crippen molar-refractivity contribution in [2.24, 2.45) is 5.92 Å². The van der Waals surface area contributed by atoms with E-state index in [-0.39, 0.29) is 29.4 Å². The molecule has 0 unspecified atom stereocenters. The number of benzene rings is 2. The predicted octanol–water partition coefficient (Wildman–Crippen LogP) is 4.35. The molecule has 2 aromatic rings. The number of nitrogens with zero attached hydrogens (tertiary/aromatic N) is 2. The van der Waals surface area contributed by atoms with Crippen molar-refractivity contribution in [1.82, 2.24) is 20.4 Å². The van der Waals surface area contributed by atoms with E-state index in [2.05, 4.69) is 20.9 Å². The highest BCUT2D eigenvalue weighted by Crippen LogP contribution is 2.32. The average molecular weight is 814 g/mol. The van der Waals surface area contributed by atoms with E-state index in [1.165, 1.54) is 16.7 Å². The number of carbonyl (C=O) groups is 4. The molecule has 0 aliphatic carbocycles. The van der Waals surface area contributed by atoms with E-state index in [4.69, 9.17) is 14.6 Å². The van der Waals surface area contributed by atoms with Crippen molar-refractivity contribution in [2.75, 3.05) is 69.8 Å². The first-order valence-electron chi connectivity index (χ1n) is 16.6. The number of nitrogens with one attached hydrogen (secondary N) is 3. The van der Waals surface area contributed by atoms with Gasteiger partial charge in [0.25, 0.3) is 5.91 Å². The Morgan fingerprint density at radius 1 is 0.981 bits per heavy atom. The van der Waals surface area contributed by atoms with E-state index in [0.29, 0.717) is 38.8 Å². The summed E-state index contributed by atoms with van der Waals surface area (Å²) < 4.78 is 104. The number of hydrogen-bond donors (Lipinski definition) is 4. The molecule has 13 nitrogen and oxygen atoms in total. The smallest absolute Gasteiger partial charge is 0.475 e. The quantitative estimate of drug-likeness (QED) is 0.189. The number of sulfone groups is 1. The number of likely N-dealkylation sites (tertiary alicyclic amines) is 1. The number of thioether (sulfide) groups is 1. The average Bonchev–Trinajstić information content (AvgIpc) is 3.11. The summed E-state index contributed by atoms with van der Waals surface area (Å²) in [7, 11) is -3.67. The molecule has 2 atom stereocenters. The number of urea groups is 1. The van der Waals surface area contributed by atoms with Crippen LogP contribution in [0.5, 0.6) is 0 Å². The summed E-state index contributed by atoms with van der Waals surface area (Å²) in [4.78, 5) is 52.5. The van der Waals surface area contributed by atoms with Gasteiger partial charge < -0.3 is 35.6 Å². The van der Waals surface area contributed by atoms with Crippen molar-refractivity contribution >= 4 is 51.1 Å². The molecule has 54 heavy (non-hydrogen) atoms. The number of piperidine rings is 1. The third kappa shape index (κ3) is 13.3. The Hall–Kier alpha value is -4.08. The molecule has 0 radical (unpaired) electrons. The van der Waals surface area contributed by atoms with Gasteiger partial charge in [-0.2, -0.15) is 26.3 Å². The van der Waals surface area contributed by atoms with Crippen LogP contribution < -0.4 is 16.0 Å². The lowest BCUT2D eigenvalue weighted by Crippen LogP contribution is -2.55. The minimum absolute atomic E-state index is 0.147. The molecule has 2 aliphatic rings. The molecule has 4 amide bonds. The highest BCUT2D eigenvalue weighted by molar-refractivity contribution is 7.98. The Balaban J connectivity index is 0.00000102. The number of alkyl halides is 6. The summed E-state index contributed by atoms with van der Waals surface area (Å²) in [6.45, 7) is 4.43. The molecule has 2 fully saturated rings. The van der Waals surface area contributed by atoms with Crippen LogP contribution in [0, 0.1) is 5.92 Å². The number of carbonyl (C=O) groups excluding carboxylic acids is 3. The summed E-state index contributed by atoms with van der Waals surface area (Å²) >= 11 is 1.50. The van der Waals surface area contributed by atoms with Crippen LogP contribution in [0.15, 0.2) is 52.3 Å². The van der Waals surface area contributed by atoms with Crippen LogP contribution in [0.1, 0.15) is 35.7 Å². The van der Waals surface area contributed by atoms with Gasteiger partial charge >= 0.3 is 24.4 Å². The third-order valence-electron chi connectivity index (χ3n) is 8.36. The highest BCUT2D eigenvalue weighted by Gasteiger charge is 2.38. The Morgan fingerprint density at radius 3 is 2.17 bits per heavy atom. The fourth-order valence-corrected chi connectivity index (χ4v) is 7.72. The van der Waals surface area contributed by atoms with Crippen LogP contribution >= 0.6 is 11.8 Å². The minimum Gasteiger partial charge on any atom is -0.475 e. The van der Waals surface area contributed by atoms with Gasteiger partial charge in [0.15, 0.2) is 9.84 Å². The number of amides is 4. The maximum absolute atomic E-state index is 13.5. The fourth-order valence-electron chi connectivity index (χ4n) is 5.60. The van der Waals surface area contributed by atoms with Gasteiger partial charge in [0, 0.05) is 30.6 Å². The van der Waals surface area contributed by atoms with E-state index < -0.39 is 75.6 Å².